The Labute approximate surface area is 124 Å². The van der Waals surface area contributed by atoms with Crippen molar-refractivity contribution < 1.29 is 22.5 Å². The predicted octanol–water partition coefficient (Wildman–Crippen LogP) is 1.88. The molecule has 0 radical (unpaired) electrons. The van der Waals surface area contributed by atoms with Gasteiger partial charge in [-0.15, -0.1) is 0 Å². The standard InChI is InChI=1S/C14H19NO5S/c15-12-9-5-4-8-11(12)13(14(16)17)20-21(18,19)10-6-2-1-3-7-10/h4-5,8-11,13,15H,1-3,6-7H2,(H,16,17). The summed E-state index contributed by atoms with van der Waals surface area (Å²) in [5.74, 6) is -2.25. The molecule has 0 spiro atoms. The second-order valence-corrected chi connectivity index (χ2v) is 7.18. The molecule has 21 heavy (non-hydrogen) atoms. The fourth-order valence-electron chi connectivity index (χ4n) is 2.65. The fraction of sp³-hybridized carbons (Fsp3) is 0.571. The Morgan fingerprint density at radius 1 is 1.29 bits per heavy atom. The first-order valence-electron chi connectivity index (χ1n) is 7.00. The van der Waals surface area contributed by atoms with E-state index in [2.05, 4.69) is 0 Å². The maximum Gasteiger partial charge on any atom is 0.335 e. The van der Waals surface area contributed by atoms with E-state index in [1.165, 1.54) is 12.2 Å². The molecule has 0 amide bonds. The van der Waals surface area contributed by atoms with Crippen molar-refractivity contribution in [2.24, 2.45) is 5.92 Å². The first-order chi connectivity index (χ1) is 9.92. The second kappa shape index (κ2) is 6.53. The second-order valence-electron chi connectivity index (χ2n) is 5.33. The Kier molecular flexibility index (Phi) is 4.95. The largest absolute Gasteiger partial charge is 0.479 e. The predicted molar refractivity (Wildman–Crippen MR) is 77.8 cm³/mol. The third-order valence-electron chi connectivity index (χ3n) is 3.83. The Bertz CT molecular complexity index is 572. The van der Waals surface area contributed by atoms with Crippen LogP contribution in [0.25, 0.3) is 0 Å². The van der Waals surface area contributed by atoms with E-state index < -0.39 is 33.4 Å². The van der Waals surface area contributed by atoms with Gasteiger partial charge in [-0.2, -0.15) is 8.42 Å². The molecule has 2 aliphatic carbocycles. The van der Waals surface area contributed by atoms with Gasteiger partial charge in [0.05, 0.1) is 11.2 Å². The molecule has 0 aliphatic heterocycles. The maximum absolute atomic E-state index is 12.3. The molecular weight excluding hydrogens is 294 g/mol. The fourth-order valence-corrected chi connectivity index (χ4v) is 4.21. The summed E-state index contributed by atoms with van der Waals surface area (Å²) in [6, 6.07) is 0. The van der Waals surface area contributed by atoms with Crippen LogP contribution in [0, 0.1) is 11.3 Å². The molecule has 2 unspecified atom stereocenters. The van der Waals surface area contributed by atoms with Crippen LogP contribution in [0.3, 0.4) is 0 Å². The number of hydrogen-bond donors (Lipinski definition) is 2. The van der Waals surface area contributed by atoms with E-state index in [-0.39, 0.29) is 5.71 Å². The van der Waals surface area contributed by atoms with Crippen molar-refractivity contribution in [1.29, 1.82) is 5.41 Å². The molecule has 7 heteroatoms. The van der Waals surface area contributed by atoms with Gasteiger partial charge in [-0.3, -0.25) is 4.18 Å². The van der Waals surface area contributed by atoms with Crippen LogP contribution in [0.5, 0.6) is 0 Å². The van der Waals surface area contributed by atoms with E-state index in [1.54, 1.807) is 12.2 Å². The van der Waals surface area contributed by atoms with Crippen molar-refractivity contribution >= 4 is 21.8 Å². The summed E-state index contributed by atoms with van der Waals surface area (Å²) in [7, 11) is -3.94. The summed E-state index contributed by atoms with van der Waals surface area (Å²) in [5.41, 5.74) is 0.0312. The first-order valence-corrected chi connectivity index (χ1v) is 8.47. The van der Waals surface area contributed by atoms with E-state index in [0.717, 1.165) is 19.3 Å². The quantitative estimate of drug-likeness (QED) is 0.754. The van der Waals surface area contributed by atoms with Crippen LogP contribution < -0.4 is 0 Å². The Balaban J connectivity index is 2.16. The topological polar surface area (TPSA) is 105 Å². The van der Waals surface area contributed by atoms with Gasteiger partial charge in [0.25, 0.3) is 10.1 Å². The van der Waals surface area contributed by atoms with Crippen molar-refractivity contribution in [1.82, 2.24) is 0 Å². The monoisotopic (exact) mass is 313 g/mol. The molecular formula is C14H19NO5S. The van der Waals surface area contributed by atoms with Gasteiger partial charge in [0.1, 0.15) is 0 Å². The van der Waals surface area contributed by atoms with Gasteiger partial charge in [-0.1, -0.05) is 37.5 Å². The lowest BCUT2D eigenvalue weighted by molar-refractivity contribution is -0.145. The zero-order valence-electron chi connectivity index (χ0n) is 11.6. The molecule has 0 saturated heterocycles. The SMILES string of the molecule is N=C1C=CC=CC1C(OS(=O)(=O)C1CCCCC1)C(=O)O. The van der Waals surface area contributed by atoms with Crippen molar-refractivity contribution in [2.75, 3.05) is 0 Å². The van der Waals surface area contributed by atoms with E-state index >= 15 is 0 Å². The highest BCUT2D eigenvalue weighted by atomic mass is 32.2. The Morgan fingerprint density at radius 3 is 2.52 bits per heavy atom. The van der Waals surface area contributed by atoms with Gasteiger partial charge >= 0.3 is 5.97 Å². The van der Waals surface area contributed by atoms with E-state index in [4.69, 9.17) is 9.59 Å². The third-order valence-corrected chi connectivity index (χ3v) is 5.60. The third kappa shape index (κ3) is 3.79. The van der Waals surface area contributed by atoms with Gasteiger partial charge in [-0.25, -0.2) is 4.79 Å². The maximum atomic E-state index is 12.3. The van der Waals surface area contributed by atoms with Crippen molar-refractivity contribution in [3.05, 3.63) is 24.3 Å². The molecule has 2 rings (SSSR count). The van der Waals surface area contributed by atoms with Crippen molar-refractivity contribution in [2.45, 2.75) is 43.5 Å². The lowest BCUT2D eigenvalue weighted by atomic mass is 9.93. The minimum atomic E-state index is -3.94. The number of carboxylic acid groups (broad SMARTS) is 1. The van der Waals surface area contributed by atoms with Crippen LogP contribution in [0.2, 0.25) is 0 Å². The normalized spacial score (nSPS) is 25.0. The average molecular weight is 313 g/mol. The molecule has 2 aliphatic rings. The van der Waals surface area contributed by atoms with Crippen LogP contribution in [0.4, 0.5) is 0 Å². The van der Waals surface area contributed by atoms with Crippen LogP contribution in [-0.2, 0) is 19.1 Å². The van der Waals surface area contributed by atoms with E-state index in [0.29, 0.717) is 12.8 Å². The molecule has 0 aromatic carbocycles. The van der Waals surface area contributed by atoms with E-state index in [1.807, 2.05) is 0 Å². The van der Waals surface area contributed by atoms with Gasteiger partial charge in [-0.05, 0) is 18.9 Å². The highest BCUT2D eigenvalue weighted by molar-refractivity contribution is 7.87. The number of aliphatic carboxylic acids is 1. The minimum Gasteiger partial charge on any atom is -0.479 e. The van der Waals surface area contributed by atoms with Crippen LogP contribution >= 0.6 is 0 Å². The Hall–Kier alpha value is -1.47. The number of rotatable bonds is 5. The molecule has 0 bridgehead atoms. The van der Waals surface area contributed by atoms with Crippen molar-refractivity contribution in [3.8, 4) is 0 Å². The number of carbonyl (C=O) groups is 1. The van der Waals surface area contributed by atoms with Gasteiger partial charge in [0, 0.05) is 5.71 Å². The summed E-state index contributed by atoms with van der Waals surface area (Å²) in [6.07, 6.45) is 8.18. The van der Waals surface area contributed by atoms with E-state index in [9.17, 15) is 18.3 Å². The molecule has 1 saturated carbocycles. The molecule has 2 atom stereocenters. The molecule has 2 N–H and O–H groups in total. The highest BCUT2D eigenvalue weighted by Crippen LogP contribution is 2.27. The highest BCUT2D eigenvalue weighted by Gasteiger charge is 2.38. The van der Waals surface area contributed by atoms with Crippen LogP contribution in [0.15, 0.2) is 24.3 Å². The summed E-state index contributed by atoms with van der Waals surface area (Å²) in [5, 5.41) is 16.4. The molecule has 6 nitrogen and oxygen atoms in total. The summed E-state index contributed by atoms with van der Waals surface area (Å²) >= 11 is 0. The lowest BCUT2D eigenvalue weighted by Crippen LogP contribution is -2.40. The van der Waals surface area contributed by atoms with Gasteiger partial charge in [0.15, 0.2) is 6.10 Å². The molecule has 0 aromatic heterocycles. The van der Waals surface area contributed by atoms with Crippen molar-refractivity contribution in [3.63, 3.8) is 0 Å². The molecule has 0 heterocycles. The Morgan fingerprint density at radius 2 is 1.95 bits per heavy atom. The summed E-state index contributed by atoms with van der Waals surface area (Å²) in [6.45, 7) is 0. The minimum absolute atomic E-state index is 0.0312. The first kappa shape index (κ1) is 15.9. The number of carboxylic acids is 1. The smallest absolute Gasteiger partial charge is 0.335 e. The number of hydrogen-bond acceptors (Lipinski definition) is 5. The zero-order chi connectivity index (χ0) is 15.5. The molecule has 1 fully saturated rings. The number of allylic oxidation sites excluding steroid dienone is 3. The summed E-state index contributed by atoms with van der Waals surface area (Å²) < 4.78 is 29.5. The van der Waals surface area contributed by atoms with Gasteiger partial charge in [0.2, 0.25) is 0 Å². The zero-order valence-corrected chi connectivity index (χ0v) is 12.4. The average Bonchev–Trinajstić information content (AvgIpc) is 2.46. The van der Waals surface area contributed by atoms with Crippen LogP contribution in [-0.4, -0.2) is 36.6 Å². The number of nitrogens with one attached hydrogen (secondary N) is 1. The molecule has 0 aromatic rings. The van der Waals surface area contributed by atoms with Gasteiger partial charge < -0.3 is 10.5 Å². The molecule has 116 valence electrons. The van der Waals surface area contributed by atoms with Crippen LogP contribution in [0.1, 0.15) is 32.1 Å². The lowest BCUT2D eigenvalue weighted by Gasteiger charge is -2.26. The summed E-state index contributed by atoms with van der Waals surface area (Å²) in [4.78, 5) is 11.4.